The summed E-state index contributed by atoms with van der Waals surface area (Å²) in [4.78, 5) is 42.7. The molecule has 2 amide bonds. The third-order valence-electron chi connectivity index (χ3n) is 5.03. The molecule has 3 atom stereocenters. The predicted molar refractivity (Wildman–Crippen MR) is 120 cm³/mol. The Balaban J connectivity index is 1.51. The summed E-state index contributed by atoms with van der Waals surface area (Å²) >= 11 is 2.71. The molecule has 1 fully saturated rings. The highest BCUT2D eigenvalue weighted by atomic mass is 32.2. The Bertz CT molecular complexity index is 1170. The van der Waals surface area contributed by atoms with Gasteiger partial charge in [-0.05, 0) is 37.1 Å². The molecule has 162 valence electrons. The van der Waals surface area contributed by atoms with E-state index < -0.39 is 35.2 Å². The van der Waals surface area contributed by atoms with Gasteiger partial charge in [-0.15, -0.1) is 11.8 Å². The third-order valence-corrected chi connectivity index (χ3v) is 7.18. The molecule has 3 unspecified atom stereocenters. The topological polar surface area (TPSA) is 152 Å². The number of β-lactam (4-membered cyclic amide) rings is 1. The smallest absolute Gasteiger partial charge is 0.352 e. The van der Waals surface area contributed by atoms with Crippen LogP contribution in [0.5, 0.6) is 0 Å². The molecular weight excluding hydrogens is 438 g/mol. The van der Waals surface area contributed by atoms with Gasteiger partial charge in [-0.2, -0.15) is 0 Å². The number of amides is 2. The van der Waals surface area contributed by atoms with Crippen LogP contribution in [-0.4, -0.2) is 49.9 Å². The van der Waals surface area contributed by atoms with Gasteiger partial charge < -0.3 is 21.9 Å². The zero-order chi connectivity index (χ0) is 22.4. The number of hydrogen-bond acceptors (Lipinski definition) is 8. The van der Waals surface area contributed by atoms with E-state index in [4.69, 9.17) is 11.5 Å². The summed E-state index contributed by atoms with van der Waals surface area (Å²) in [7, 11) is 0. The van der Waals surface area contributed by atoms with E-state index in [0.717, 1.165) is 15.8 Å². The first-order valence-corrected chi connectivity index (χ1v) is 11.3. The van der Waals surface area contributed by atoms with Crippen LogP contribution in [0.15, 0.2) is 41.1 Å². The number of carboxylic acids is 1. The summed E-state index contributed by atoms with van der Waals surface area (Å²) < 4.78 is 0.815. The van der Waals surface area contributed by atoms with E-state index in [1.807, 2.05) is 13.8 Å². The van der Waals surface area contributed by atoms with Crippen LogP contribution in [-0.2, 0) is 14.4 Å². The van der Waals surface area contributed by atoms with Gasteiger partial charge in [-0.1, -0.05) is 29.1 Å². The van der Waals surface area contributed by atoms with E-state index in [2.05, 4.69) is 10.3 Å². The van der Waals surface area contributed by atoms with E-state index in [-0.39, 0.29) is 5.70 Å². The second-order valence-corrected chi connectivity index (χ2v) is 9.72. The van der Waals surface area contributed by atoms with Crippen molar-refractivity contribution < 1.29 is 19.5 Å². The van der Waals surface area contributed by atoms with Crippen molar-refractivity contribution in [3.63, 3.8) is 0 Å². The predicted octanol–water partition coefficient (Wildman–Crippen LogP) is 1.58. The van der Waals surface area contributed by atoms with Gasteiger partial charge in [0.05, 0.1) is 10.2 Å². The monoisotopic (exact) mass is 459 g/mol. The molecule has 1 aromatic heterocycles. The number of hydrogen-bond donors (Lipinski definition) is 4. The van der Waals surface area contributed by atoms with Gasteiger partial charge in [-0.25, -0.2) is 9.78 Å². The minimum atomic E-state index is -1.16. The molecule has 11 heteroatoms. The molecule has 1 aromatic carbocycles. The number of aromatic nitrogens is 1. The van der Waals surface area contributed by atoms with Crippen LogP contribution in [0.2, 0.25) is 0 Å². The first kappa shape index (κ1) is 21.3. The third kappa shape index (κ3) is 3.80. The van der Waals surface area contributed by atoms with E-state index in [9.17, 15) is 19.5 Å². The number of fused-ring (bicyclic) bond motifs is 2. The van der Waals surface area contributed by atoms with E-state index in [1.165, 1.54) is 28.0 Å². The summed E-state index contributed by atoms with van der Waals surface area (Å²) in [5.41, 5.74) is 14.6. The van der Waals surface area contributed by atoms with E-state index in [0.29, 0.717) is 22.0 Å². The standard InChI is InChI=1S/C20H21N5O4S2/c1-8(2)5-10-7-30-18-14(17(27)25(18)15(10)19(28)29)24-16(26)13(21)9-3-4-11-12(6-9)31-20(22)23-11/h3-6,13-14,18H,7,21H2,1-2H3,(H2,22,23)(H,24,26)(H,28,29). The fourth-order valence-corrected chi connectivity index (χ4v) is 5.74. The van der Waals surface area contributed by atoms with Crippen LogP contribution in [0.3, 0.4) is 0 Å². The van der Waals surface area contributed by atoms with Gasteiger partial charge in [-0.3, -0.25) is 14.5 Å². The Hall–Kier alpha value is -2.89. The van der Waals surface area contributed by atoms with Crippen LogP contribution in [0, 0.1) is 0 Å². The highest BCUT2D eigenvalue weighted by molar-refractivity contribution is 8.00. The van der Waals surface area contributed by atoms with Crippen molar-refractivity contribution in [2.75, 3.05) is 11.5 Å². The summed E-state index contributed by atoms with van der Waals surface area (Å²) in [6, 6.07) is 3.39. The molecule has 4 rings (SSSR count). The fraction of sp³-hybridized carbons (Fsp3) is 0.300. The van der Waals surface area contributed by atoms with E-state index >= 15 is 0 Å². The van der Waals surface area contributed by atoms with Gasteiger partial charge in [0.1, 0.15) is 23.2 Å². The molecule has 0 saturated carbocycles. The molecule has 6 N–H and O–H groups in total. The van der Waals surface area contributed by atoms with Crippen LogP contribution in [0.25, 0.3) is 10.2 Å². The second kappa shape index (κ2) is 7.98. The SMILES string of the molecule is CC(C)=CC1=C(C(=O)O)N2C(=O)C(NC(=O)C(N)c3ccc4nc(N)sc4c3)C2SC1. The number of carbonyl (C=O) groups excluding carboxylic acids is 2. The van der Waals surface area contributed by atoms with Crippen LogP contribution in [0.1, 0.15) is 25.5 Å². The average Bonchev–Trinajstić information content (AvgIpc) is 3.09. The number of carbonyl (C=O) groups is 3. The number of thiazole rings is 1. The average molecular weight is 460 g/mol. The number of nitrogens with zero attached hydrogens (tertiary/aromatic N) is 2. The number of allylic oxidation sites excluding steroid dienone is 2. The largest absolute Gasteiger partial charge is 0.477 e. The zero-order valence-corrected chi connectivity index (χ0v) is 18.4. The van der Waals surface area contributed by atoms with Crippen molar-refractivity contribution in [3.05, 3.63) is 46.7 Å². The van der Waals surface area contributed by atoms with Crippen molar-refractivity contribution in [2.24, 2.45) is 5.73 Å². The maximum absolute atomic E-state index is 12.7. The van der Waals surface area contributed by atoms with E-state index in [1.54, 1.807) is 24.3 Å². The molecule has 2 aliphatic heterocycles. The lowest BCUT2D eigenvalue weighted by atomic mass is 10.0. The number of anilines is 1. The number of carboxylic acid groups (broad SMARTS) is 1. The maximum Gasteiger partial charge on any atom is 0.352 e. The molecule has 1 saturated heterocycles. The van der Waals surface area contributed by atoms with Gasteiger partial charge in [0.2, 0.25) is 5.91 Å². The number of rotatable bonds is 5. The molecule has 0 spiro atoms. The number of nitrogens with two attached hydrogens (primary N) is 2. The lowest BCUT2D eigenvalue weighted by molar-refractivity contribution is -0.150. The van der Waals surface area contributed by atoms with Crippen molar-refractivity contribution in [3.8, 4) is 0 Å². The number of nitrogen functional groups attached to an aromatic ring is 1. The Morgan fingerprint density at radius 1 is 1.39 bits per heavy atom. The normalized spacial score (nSPS) is 21.4. The van der Waals surface area contributed by atoms with Crippen molar-refractivity contribution >= 4 is 56.2 Å². The Morgan fingerprint density at radius 3 is 2.81 bits per heavy atom. The first-order valence-electron chi connectivity index (χ1n) is 9.45. The highest BCUT2D eigenvalue weighted by Crippen LogP contribution is 2.41. The summed E-state index contributed by atoms with van der Waals surface area (Å²) in [6.45, 7) is 3.73. The molecule has 31 heavy (non-hydrogen) atoms. The second-order valence-electron chi connectivity index (χ2n) is 7.55. The Morgan fingerprint density at radius 2 is 2.13 bits per heavy atom. The Kier molecular flexibility index (Phi) is 5.50. The first-order chi connectivity index (χ1) is 14.7. The van der Waals surface area contributed by atoms with Gasteiger partial charge in [0, 0.05) is 5.75 Å². The van der Waals surface area contributed by atoms with Gasteiger partial charge in [0.15, 0.2) is 5.13 Å². The van der Waals surface area contributed by atoms with Crippen molar-refractivity contribution in [2.45, 2.75) is 31.3 Å². The van der Waals surface area contributed by atoms with Crippen LogP contribution < -0.4 is 16.8 Å². The molecule has 3 heterocycles. The minimum Gasteiger partial charge on any atom is -0.477 e. The van der Waals surface area contributed by atoms with Crippen LogP contribution >= 0.6 is 23.1 Å². The highest BCUT2D eigenvalue weighted by Gasteiger charge is 2.54. The molecule has 0 radical (unpaired) electrons. The number of benzene rings is 1. The molecule has 2 aliphatic rings. The number of aliphatic carboxylic acids is 1. The van der Waals surface area contributed by atoms with Crippen molar-refractivity contribution in [1.29, 1.82) is 0 Å². The van der Waals surface area contributed by atoms with Crippen molar-refractivity contribution in [1.82, 2.24) is 15.2 Å². The Labute approximate surface area is 186 Å². The van der Waals surface area contributed by atoms with Gasteiger partial charge >= 0.3 is 5.97 Å². The fourth-order valence-electron chi connectivity index (χ4n) is 3.65. The maximum atomic E-state index is 12.7. The molecule has 2 aromatic rings. The summed E-state index contributed by atoms with van der Waals surface area (Å²) in [5.74, 6) is -1.69. The number of thioether (sulfide) groups is 1. The molecule has 0 aliphatic carbocycles. The van der Waals surface area contributed by atoms with Crippen LogP contribution in [0.4, 0.5) is 5.13 Å². The molecule has 9 nitrogen and oxygen atoms in total. The quantitative estimate of drug-likeness (QED) is 0.492. The molecule has 0 bridgehead atoms. The van der Waals surface area contributed by atoms with Gasteiger partial charge in [0.25, 0.3) is 5.91 Å². The minimum absolute atomic E-state index is 0.0296. The lowest BCUT2D eigenvalue weighted by Gasteiger charge is -2.49. The summed E-state index contributed by atoms with van der Waals surface area (Å²) in [6.07, 6.45) is 1.77. The number of nitrogens with one attached hydrogen (secondary N) is 1. The zero-order valence-electron chi connectivity index (χ0n) is 16.8. The summed E-state index contributed by atoms with van der Waals surface area (Å²) in [5, 5.41) is 12.3. The molecular formula is C20H21N5O4S2. The lowest BCUT2D eigenvalue weighted by Crippen LogP contribution is -2.71.